The predicted octanol–water partition coefficient (Wildman–Crippen LogP) is 2.29. The highest BCUT2D eigenvalue weighted by molar-refractivity contribution is 8.23. The molecule has 7 heteroatoms. The Labute approximate surface area is 124 Å². The highest BCUT2D eigenvalue weighted by Crippen LogP contribution is 2.23. The highest BCUT2D eigenvalue weighted by atomic mass is 35.5. The molecule has 1 heterocycles. The van der Waals surface area contributed by atoms with Gasteiger partial charge < -0.3 is 10.1 Å². The summed E-state index contributed by atoms with van der Waals surface area (Å²) in [5.41, 5.74) is 1.03. The van der Waals surface area contributed by atoms with Crippen LogP contribution in [0.2, 0.25) is 5.02 Å². The number of hydrogen-bond donors (Lipinski definition) is 1. The van der Waals surface area contributed by atoms with Gasteiger partial charge in [-0.25, -0.2) is 0 Å². The van der Waals surface area contributed by atoms with Crippen LogP contribution in [0.5, 0.6) is 0 Å². The molecule has 1 aromatic rings. The monoisotopic (exact) mass is 315 g/mol. The van der Waals surface area contributed by atoms with Gasteiger partial charge in [-0.3, -0.25) is 9.59 Å². The van der Waals surface area contributed by atoms with Gasteiger partial charge in [0, 0.05) is 11.6 Å². The molecule has 100 valence electrons. The molecule has 0 aliphatic carbocycles. The number of nitrogens with one attached hydrogen (secondary N) is 1. The van der Waals surface area contributed by atoms with E-state index in [1.54, 1.807) is 12.1 Å². The van der Waals surface area contributed by atoms with Crippen molar-refractivity contribution in [2.75, 3.05) is 0 Å². The minimum atomic E-state index is -0.530. The maximum Gasteiger partial charge on any atom is 0.327 e. The molecule has 1 saturated heterocycles. The Morgan fingerprint density at radius 3 is 2.68 bits per heavy atom. The molecular weight excluding hydrogens is 306 g/mol. The van der Waals surface area contributed by atoms with E-state index in [1.165, 1.54) is 0 Å². The van der Waals surface area contributed by atoms with Gasteiger partial charge in [-0.1, -0.05) is 47.7 Å². The fourth-order valence-corrected chi connectivity index (χ4v) is 2.82. The predicted molar refractivity (Wildman–Crippen MR) is 78.0 cm³/mol. The first kappa shape index (κ1) is 14.3. The number of cyclic esters (lactones) is 2. The third kappa shape index (κ3) is 4.19. The van der Waals surface area contributed by atoms with E-state index in [0.717, 1.165) is 17.3 Å². The molecule has 1 atom stereocenters. The molecule has 19 heavy (non-hydrogen) atoms. The van der Waals surface area contributed by atoms with E-state index in [4.69, 9.17) is 23.8 Å². The lowest BCUT2D eigenvalue weighted by atomic mass is 10.2. The zero-order valence-corrected chi connectivity index (χ0v) is 12.1. The summed E-state index contributed by atoms with van der Waals surface area (Å²) in [4.78, 5) is 22.2. The summed E-state index contributed by atoms with van der Waals surface area (Å²) in [6, 6.07) is 7.36. The van der Waals surface area contributed by atoms with Crippen LogP contribution in [0.25, 0.3) is 0 Å². The Morgan fingerprint density at radius 2 is 2.11 bits per heavy atom. The molecular formula is C12H10ClNO3S2. The number of hydrogen-bond acceptors (Lipinski definition) is 5. The Balaban J connectivity index is 1.80. The van der Waals surface area contributed by atoms with Crippen LogP contribution in [0, 0.1) is 0 Å². The average Bonchev–Trinajstić information content (AvgIpc) is 2.67. The number of benzene rings is 1. The molecule has 0 spiro atoms. The standard InChI is InChI=1S/C12H10ClNO3S2/c13-8-3-1-7(2-4-8)6-14-12(18)19-9-5-10(15)17-11(9)16/h1-4,9H,5-6H2,(H,14,18). The van der Waals surface area contributed by atoms with Gasteiger partial charge in [-0.15, -0.1) is 0 Å². The maximum absolute atomic E-state index is 11.3. The first-order chi connectivity index (χ1) is 9.04. The van der Waals surface area contributed by atoms with Crippen LogP contribution in [0.1, 0.15) is 12.0 Å². The lowest BCUT2D eigenvalue weighted by Gasteiger charge is -2.09. The van der Waals surface area contributed by atoms with Gasteiger partial charge in [-0.2, -0.15) is 0 Å². The zero-order valence-electron chi connectivity index (χ0n) is 9.72. The van der Waals surface area contributed by atoms with Crippen LogP contribution in [0.15, 0.2) is 24.3 Å². The molecule has 4 nitrogen and oxygen atoms in total. The fraction of sp³-hybridized carbons (Fsp3) is 0.250. The average molecular weight is 316 g/mol. The van der Waals surface area contributed by atoms with Gasteiger partial charge in [0.25, 0.3) is 0 Å². The molecule has 0 aromatic heterocycles. The molecule has 1 aromatic carbocycles. The quantitative estimate of drug-likeness (QED) is 0.525. The number of ether oxygens (including phenoxy) is 1. The van der Waals surface area contributed by atoms with Crippen molar-refractivity contribution >= 4 is 51.8 Å². The van der Waals surface area contributed by atoms with Crippen molar-refractivity contribution in [3.63, 3.8) is 0 Å². The van der Waals surface area contributed by atoms with Gasteiger partial charge in [0.05, 0.1) is 6.42 Å². The number of thioether (sulfide) groups is 1. The smallest absolute Gasteiger partial charge is 0.327 e. The Bertz CT molecular complexity index is 518. The lowest BCUT2D eigenvalue weighted by molar-refractivity contribution is -0.151. The van der Waals surface area contributed by atoms with Crippen molar-refractivity contribution < 1.29 is 14.3 Å². The van der Waals surface area contributed by atoms with Crippen molar-refractivity contribution in [1.82, 2.24) is 5.32 Å². The molecule has 1 aliphatic rings. The van der Waals surface area contributed by atoms with Crippen LogP contribution in [-0.2, 0) is 20.9 Å². The van der Waals surface area contributed by atoms with Crippen molar-refractivity contribution in [3.05, 3.63) is 34.9 Å². The van der Waals surface area contributed by atoms with E-state index in [0.29, 0.717) is 15.9 Å². The third-order valence-corrected chi connectivity index (χ3v) is 4.12. The number of esters is 2. The second kappa shape index (κ2) is 6.36. The lowest BCUT2D eigenvalue weighted by Crippen LogP contribution is -2.22. The summed E-state index contributed by atoms with van der Waals surface area (Å²) in [5, 5.41) is 3.16. The number of rotatable bonds is 3. The van der Waals surface area contributed by atoms with E-state index >= 15 is 0 Å². The Kier molecular flexibility index (Phi) is 4.79. The van der Waals surface area contributed by atoms with Crippen molar-refractivity contribution in [1.29, 1.82) is 0 Å². The normalized spacial score (nSPS) is 18.3. The zero-order chi connectivity index (χ0) is 13.8. The summed E-state index contributed by atoms with van der Waals surface area (Å²) in [6.45, 7) is 0.540. The second-order valence-electron chi connectivity index (χ2n) is 3.87. The summed E-state index contributed by atoms with van der Waals surface area (Å²) >= 11 is 12.0. The molecule has 1 aliphatic heterocycles. The molecule has 0 radical (unpaired) electrons. The first-order valence-corrected chi connectivity index (χ1v) is 7.14. The van der Waals surface area contributed by atoms with Crippen molar-refractivity contribution in [2.45, 2.75) is 18.2 Å². The van der Waals surface area contributed by atoms with Crippen LogP contribution < -0.4 is 5.32 Å². The van der Waals surface area contributed by atoms with Gasteiger partial charge in [0.15, 0.2) is 0 Å². The summed E-state index contributed by atoms with van der Waals surface area (Å²) in [6.07, 6.45) is 0.0757. The van der Waals surface area contributed by atoms with E-state index in [2.05, 4.69) is 10.1 Å². The molecule has 0 amide bonds. The van der Waals surface area contributed by atoms with Gasteiger partial charge in [-0.05, 0) is 17.7 Å². The van der Waals surface area contributed by atoms with Crippen molar-refractivity contribution in [3.8, 4) is 0 Å². The van der Waals surface area contributed by atoms with Crippen molar-refractivity contribution in [2.24, 2.45) is 0 Å². The Morgan fingerprint density at radius 1 is 1.42 bits per heavy atom. The largest absolute Gasteiger partial charge is 0.392 e. The van der Waals surface area contributed by atoms with Crippen LogP contribution in [0.4, 0.5) is 0 Å². The SMILES string of the molecule is O=C1CC(SC(=S)NCc2ccc(Cl)cc2)C(=O)O1. The second-order valence-corrected chi connectivity index (χ2v) is 6.19. The Hall–Kier alpha value is -1.11. The molecule has 1 unspecified atom stereocenters. The number of halogens is 1. The molecule has 1 N–H and O–H groups in total. The van der Waals surface area contributed by atoms with E-state index in [1.807, 2.05) is 12.1 Å². The number of carbonyl (C=O) groups excluding carboxylic acids is 2. The first-order valence-electron chi connectivity index (χ1n) is 5.48. The topological polar surface area (TPSA) is 55.4 Å². The summed E-state index contributed by atoms with van der Waals surface area (Å²) in [5.74, 6) is -1.02. The highest BCUT2D eigenvalue weighted by Gasteiger charge is 2.34. The van der Waals surface area contributed by atoms with E-state index in [-0.39, 0.29) is 6.42 Å². The maximum atomic E-state index is 11.3. The van der Waals surface area contributed by atoms with E-state index < -0.39 is 17.2 Å². The molecule has 1 fully saturated rings. The number of thiocarbonyl (C=S) groups is 1. The van der Waals surface area contributed by atoms with Gasteiger partial charge in [0.1, 0.15) is 9.57 Å². The fourth-order valence-electron chi connectivity index (χ4n) is 1.49. The summed E-state index contributed by atoms with van der Waals surface area (Å²) in [7, 11) is 0. The van der Waals surface area contributed by atoms with Gasteiger partial charge in [0.2, 0.25) is 0 Å². The third-order valence-electron chi connectivity index (χ3n) is 2.43. The minimum absolute atomic E-state index is 0.0757. The van der Waals surface area contributed by atoms with Crippen LogP contribution in [0.3, 0.4) is 0 Å². The van der Waals surface area contributed by atoms with Crippen LogP contribution >= 0.6 is 35.6 Å². The number of carbonyl (C=O) groups is 2. The molecule has 0 saturated carbocycles. The molecule has 2 rings (SSSR count). The molecule has 0 bridgehead atoms. The van der Waals surface area contributed by atoms with E-state index in [9.17, 15) is 9.59 Å². The minimum Gasteiger partial charge on any atom is -0.392 e. The van der Waals surface area contributed by atoms with Gasteiger partial charge >= 0.3 is 11.9 Å². The summed E-state index contributed by atoms with van der Waals surface area (Å²) < 4.78 is 4.91. The van der Waals surface area contributed by atoms with Crippen LogP contribution in [-0.4, -0.2) is 21.5 Å².